The molecule has 2 unspecified atom stereocenters. The second-order valence-corrected chi connectivity index (χ2v) is 7.37. The van der Waals surface area contributed by atoms with Crippen molar-refractivity contribution in [3.63, 3.8) is 0 Å². The average Bonchev–Trinajstić information content (AvgIpc) is 2.85. The molecule has 8 heteroatoms. The third-order valence-electron chi connectivity index (χ3n) is 3.38. The first-order chi connectivity index (χ1) is 9.40. The van der Waals surface area contributed by atoms with Crippen LogP contribution in [-0.2, 0) is 19.5 Å². The normalized spacial score (nSPS) is 24.1. The van der Waals surface area contributed by atoms with Crippen LogP contribution in [0.3, 0.4) is 0 Å². The fourth-order valence-corrected chi connectivity index (χ4v) is 4.35. The van der Waals surface area contributed by atoms with E-state index < -0.39 is 10.0 Å². The van der Waals surface area contributed by atoms with Gasteiger partial charge in [0, 0.05) is 31.8 Å². The summed E-state index contributed by atoms with van der Waals surface area (Å²) >= 11 is 3.26. The molecule has 2 N–H and O–H groups in total. The van der Waals surface area contributed by atoms with Crippen LogP contribution in [0, 0.1) is 0 Å². The minimum atomic E-state index is -3.66. The number of benzene rings is 1. The van der Waals surface area contributed by atoms with Crippen molar-refractivity contribution in [2.45, 2.75) is 17.1 Å². The fraction of sp³-hybridized carbons (Fsp3) is 0.500. The van der Waals surface area contributed by atoms with E-state index in [1.807, 2.05) is 0 Å². The van der Waals surface area contributed by atoms with E-state index in [-0.39, 0.29) is 35.9 Å². The molecule has 1 heterocycles. The van der Waals surface area contributed by atoms with Crippen molar-refractivity contribution >= 4 is 31.6 Å². The van der Waals surface area contributed by atoms with Gasteiger partial charge in [0.05, 0.1) is 17.9 Å². The number of rotatable bonds is 4. The SMILES string of the molecule is COC1CN(S(=O)(=O)c2cc(Br)ccc2N)CC1OC. The number of hydrogen-bond acceptors (Lipinski definition) is 5. The summed E-state index contributed by atoms with van der Waals surface area (Å²) < 4.78 is 37.8. The van der Waals surface area contributed by atoms with Crippen LogP contribution in [0.1, 0.15) is 0 Å². The molecule has 1 saturated heterocycles. The Morgan fingerprint density at radius 2 is 1.80 bits per heavy atom. The van der Waals surface area contributed by atoms with Gasteiger partial charge in [0.2, 0.25) is 10.0 Å². The summed E-state index contributed by atoms with van der Waals surface area (Å²) in [6, 6.07) is 4.77. The Morgan fingerprint density at radius 1 is 1.25 bits per heavy atom. The van der Waals surface area contributed by atoms with E-state index in [1.54, 1.807) is 26.4 Å². The molecule has 1 aromatic rings. The third-order valence-corrected chi connectivity index (χ3v) is 5.76. The van der Waals surface area contributed by atoms with Gasteiger partial charge in [-0.25, -0.2) is 8.42 Å². The lowest BCUT2D eigenvalue weighted by Gasteiger charge is -2.17. The lowest BCUT2D eigenvalue weighted by atomic mass is 10.3. The zero-order chi connectivity index (χ0) is 14.9. The smallest absolute Gasteiger partial charge is 0.245 e. The second kappa shape index (κ2) is 5.98. The molecule has 0 bridgehead atoms. The standard InChI is InChI=1S/C12H17BrN2O4S/c1-18-10-6-15(7-11(10)19-2)20(16,17)12-5-8(13)3-4-9(12)14/h3-5,10-11H,6-7,14H2,1-2H3. The maximum absolute atomic E-state index is 12.6. The largest absolute Gasteiger partial charge is 0.398 e. The number of ether oxygens (including phenoxy) is 2. The minimum Gasteiger partial charge on any atom is -0.398 e. The molecular weight excluding hydrogens is 348 g/mol. The number of nitrogen functional groups attached to an aromatic ring is 1. The zero-order valence-corrected chi connectivity index (χ0v) is 13.6. The molecule has 0 aromatic heterocycles. The Bertz CT molecular complexity index is 581. The van der Waals surface area contributed by atoms with Gasteiger partial charge in [0.15, 0.2) is 0 Å². The van der Waals surface area contributed by atoms with Crippen molar-refractivity contribution in [1.82, 2.24) is 4.31 Å². The second-order valence-electron chi connectivity index (χ2n) is 4.55. The van der Waals surface area contributed by atoms with Crippen LogP contribution in [0.25, 0.3) is 0 Å². The van der Waals surface area contributed by atoms with E-state index in [0.717, 1.165) is 0 Å². The average molecular weight is 365 g/mol. The van der Waals surface area contributed by atoms with Gasteiger partial charge >= 0.3 is 0 Å². The number of nitrogens with two attached hydrogens (primary N) is 1. The topological polar surface area (TPSA) is 81.9 Å². The number of anilines is 1. The van der Waals surface area contributed by atoms with Gasteiger partial charge in [0.1, 0.15) is 4.90 Å². The van der Waals surface area contributed by atoms with E-state index in [4.69, 9.17) is 15.2 Å². The van der Waals surface area contributed by atoms with Crippen LogP contribution in [0.15, 0.2) is 27.6 Å². The summed E-state index contributed by atoms with van der Waals surface area (Å²) in [4.78, 5) is 0.0958. The van der Waals surface area contributed by atoms with E-state index in [2.05, 4.69) is 15.9 Å². The third kappa shape index (κ3) is 2.84. The van der Waals surface area contributed by atoms with Crippen molar-refractivity contribution < 1.29 is 17.9 Å². The van der Waals surface area contributed by atoms with Crippen LogP contribution >= 0.6 is 15.9 Å². The highest BCUT2D eigenvalue weighted by atomic mass is 79.9. The van der Waals surface area contributed by atoms with Gasteiger partial charge in [-0.15, -0.1) is 0 Å². The molecule has 1 aliphatic heterocycles. The monoisotopic (exact) mass is 364 g/mol. The van der Waals surface area contributed by atoms with Gasteiger partial charge < -0.3 is 15.2 Å². The summed E-state index contributed by atoms with van der Waals surface area (Å²) in [7, 11) is -0.576. The van der Waals surface area contributed by atoms with Crippen molar-refractivity contribution in [2.75, 3.05) is 33.0 Å². The number of halogens is 1. The fourth-order valence-electron chi connectivity index (χ4n) is 2.23. The molecule has 2 rings (SSSR count). The Kier molecular flexibility index (Phi) is 4.70. The van der Waals surface area contributed by atoms with Gasteiger partial charge in [-0.3, -0.25) is 0 Å². The maximum atomic E-state index is 12.6. The molecule has 1 aromatic carbocycles. The summed E-state index contributed by atoms with van der Waals surface area (Å²) in [6.07, 6.45) is -0.550. The van der Waals surface area contributed by atoms with Gasteiger partial charge in [-0.05, 0) is 18.2 Å². The Balaban J connectivity index is 2.34. The summed E-state index contributed by atoms with van der Waals surface area (Å²) in [5.41, 5.74) is 6.01. The first-order valence-corrected chi connectivity index (χ1v) is 8.24. The van der Waals surface area contributed by atoms with Crippen molar-refractivity contribution in [1.29, 1.82) is 0 Å². The van der Waals surface area contributed by atoms with Crippen molar-refractivity contribution in [3.05, 3.63) is 22.7 Å². The molecule has 1 fully saturated rings. The first kappa shape index (κ1) is 15.7. The predicted molar refractivity (Wildman–Crippen MR) is 78.9 cm³/mol. The lowest BCUT2D eigenvalue weighted by Crippen LogP contribution is -2.30. The quantitative estimate of drug-likeness (QED) is 0.808. The van der Waals surface area contributed by atoms with Crippen molar-refractivity contribution in [3.8, 4) is 0 Å². The predicted octanol–water partition coefficient (Wildman–Crippen LogP) is 1.07. The van der Waals surface area contributed by atoms with Crippen LogP contribution in [0.2, 0.25) is 0 Å². The molecule has 6 nitrogen and oxygen atoms in total. The highest BCUT2D eigenvalue weighted by Gasteiger charge is 2.40. The first-order valence-electron chi connectivity index (χ1n) is 6.01. The van der Waals surface area contributed by atoms with E-state index in [1.165, 1.54) is 10.4 Å². The Morgan fingerprint density at radius 3 is 2.30 bits per heavy atom. The maximum Gasteiger partial charge on any atom is 0.245 e. The summed E-state index contributed by atoms with van der Waals surface area (Å²) in [6.45, 7) is 0.507. The van der Waals surface area contributed by atoms with Gasteiger partial charge in [0.25, 0.3) is 0 Å². The minimum absolute atomic E-state index is 0.0958. The van der Waals surface area contributed by atoms with E-state index in [0.29, 0.717) is 4.47 Å². The molecule has 0 spiro atoms. The number of nitrogens with zero attached hydrogens (tertiary/aromatic N) is 1. The van der Waals surface area contributed by atoms with Crippen LogP contribution in [0.4, 0.5) is 5.69 Å². The molecule has 0 amide bonds. The van der Waals surface area contributed by atoms with Crippen molar-refractivity contribution in [2.24, 2.45) is 0 Å². The van der Waals surface area contributed by atoms with Crippen LogP contribution in [0.5, 0.6) is 0 Å². The Hall–Kier alpha value is -0.670. The zero-order valence-electron chi connectivity index (χ0n) is 11.2. The lowest BCUT2D eigenvalue weighted by molar-refractivity contribution is -0.00461. The molecule has 0 saturated carbocycles. The summed E-state index contributed by atoms with van der Waals surface area (Å²) in [5.74, 6) is 0. The molecule has 2 atom stereocenters. The number of sulfonamides is 1. The van der Waals surface area contributed by atoms with Crippen LogP contribution in [-0.4, -0.2) is 52.2 Å². The molecule has 0 aliphatic carbocycles. The number of hydrogen-bond donors (Lipinski definition) is 1. The van der Waals surface area contributed by atoms with Crippen LogP contribution < -0.4 is 5.73 Å². The summed E-state index contributed by atoms with van der Waals surface area (Å²) in [5, 5.41) is 0. The molecule has 112 valence electrons. The molecule has 20 heavy (non-hydrogen) atoms. The Labute approximate surface area is 127 Å². The highest BCUT2D eigenvalue weighted by molar-refractivity contribution is 9.10. The van der Waals surface area contributed by atoms with E-state index >= 15 is 0 Å². The molecule has 0 radical (unpaired) electrons. The van der Waals surface area contributed by atoms with Gasteiger partial charge in [-0.1, -0.05) is 15.9 Å². The highest BCUT2D eigenvalue weighted by Crippen LogP contribution is 2.29. The molecule has 1 aliphatic rings. The molecular formula is C12H17BrN2O4S. The van der Waals surface area contributed by atoms with Gasteiger partial charge in [-0.2, -0.15) is 4.31 Å². The number of methoxy groups -OCH3 is 2. The van der Waals surface area contributed by atoms with E-state index in [9.17, 15) is 8.42 Å².